The summed E-state index contributed by atoms with van der Waals surface area (Å²) in [5, 5.41) is 0. The van der Waals surface area contributed by atoms with Crippen molar-refractivity contribution in [2.45, 2.75) is 44.9 Å². The summed E-state index contributed by atoms with van der Waals surface area (Å²) in [5.41, 5.74) is 0. The normalized spacial score (nSPS) is 22.0. The van der Waals surface area contributed by atoms with Gasteiger partial charge in [0.1, 0.15) is 0 Å². The first-order valence-electron chi connectivity index (χ1n) is 4.54. The van der Waals surface area contributed by atoms with Crippen LogP contribution in [0.2, 0.25) is 0 Å². The average Bonchev–Trinajstić information content (AvgIpc) is 2.17. The molecule has 0 atom stereocenters. The standard InChI is InChI=1S/C10H18/c1-2-7-10-8-5-3-4-6-9-10/h2,10H,1,3-9H2. The van der Waals surface area contributed by atoms with E-state index in [-0.39, 0.29) is 0 Å². The molecule has 0 aliphatic heterocycles. The Kier molecular flexibility index (Phi) is 3.56. The highest BCUT2D eigenvalue weighted by molar-refractivity contribution is 4.74. The van der Waals surface area contributed by atoms with E-state index in [1.807, 2.05) is 0 Å². The zero-order valence-electron chi connectivity index (χ0n) is 6.81. The molecule has 0 aromatic rings. The van der Waals surface area contributed by atoms with Gasteiger partial charge in [-0.25, -0.2) is 0 Å². The lowest BCUT2D eigenvalue weighted by molar-refractivity contribution is 0.466. The molecule has 1 saturated carbocycles. The minimum atomic E-state index is 0.972. The van der Waals surface area contributed by atoms with Crippen LogP contribution in [-0.4, -0.2) is 0 Å². The summed E-state index contributed by atoms with van der Waals surface area (Å²) in [5.74, 6) is 0.972. The molecule has 0 radical (unpaired) electrons. The topological polar surface area (TPSA) is 0 Å². The Morgan fingerprint density at radius 2 is 1.70 bits per heavy atom. The van der Waals surface area contributed by atoms with Gasteiger partial charge in [0.05, 0.1) is 0 Å². The second kappa shape index (κ2) is 4.54. The monoisotopic (exact) mass is 138 g/mol. The lowest BCUT2D eigenvalue weighted by Crippen LogP contribution is -1.95. The molecule has 1 rings (SSSR count). The maximum atomic E-state index is 3.79. The Labute approximate surface area is 64.3 Å². The zero-order chi connectivity index (χ0) is 7.23. The van der Waals surface area contributed by atoms with Crippen molar-refractivity contribution >= 4 is 0 Å². The van der Waals surface area contributed by atoms with E-state index in [1.54, 1.807) is 0 Å². The molecule has 0 heterocycles. The largest absolute Gasteiger partial charge is 0.103 e. The highest BCUT2D eigenvalue weighted by Crippen LogP contribution is 2.25. The van der Waals surface area contributed by atoms with Gasteiger partial charge in [0.25, 0.3) is 0 Å². The maximum Gasteiger partial charge on any atom is -0.0325 e. The number of allylic oxidation sites excluding steroid dienone is 1. The van der Waals surface area contributed by atoms with Crippen molar-refractivity contribution in [1.82, 2.24) is 0 Å². The van der Waals surface area contributed by atoms with Gasteiger partial charge in [-0.3, -0.25) is 0 Å². The predicted octanol–water partition coefficient (Wildman–Crippen LogP) is 3.53. The minimum Gasteiger partial charge on any atom is -0.103 e. The van der Waals surface area contributed by atoms with Gasteiger partial charge in [-0.05, 0) is 12.3 Å². The third-order valence-electron chi connectivity index (χ3n) is 2.47. The first-order valence-corrected chi connectivity index (χ1v) is 4.54. The Morgan fingerprint density at radius 1 is 1.10 bits per heavy atom. The molecule has 0 aromatic heterocycles. The van der Waals surface area contributed by atoms with Crippen LogP contribution in [0.25, 0.3) is 0 Å². The predicted molar refractivity (Wildman–Crippen MR) is 46.0 cm³/mol. The Morgan fingerprint density at radius 3 is 2.20 bits per heavy atom. The Balaban J connectivity index is 2.21. The van der Waals surface area contributed by atoms with Crippen molar-refractivity contribution in [2.24, 2.45) is 5.92 Å². The summed E-state index contributed by atoms with van der Waals surface area (Å²) in [6.45, 7) is 3.79. The summed E-state index contributed by atoms with van der Waals surface area (Å²) in [6.07, 6.45) is 12.1. The molecule has 0 N–H and O–H groups in total. The summed E-state index contributed by atoms with van der Waals surface area (Å²) < 4.78 is 0. The fourth-order valence-electron chi connectivity index (χ4n) is 1.84. The molecule has 0 bridgehead atoms. The first kappa shape index (κ1) is 7.84. The van der Waals surface area contributed by atoms with Gasteiger partial charge in [0.2, 0.25) is 0 Å². The van der Waals surface area contributed by atoms with Crippen molar-refractivity contribution < 1.29 is 0 Å². The number of hydrogen-bond acceptors (Lipinski definition) is 0. The Bertz CT molecular complexity index is 86.2. The van der Waals surface area contributed by atoms with Crippen LogP contribution in [0.3, 0.4) is 0 Å². The third kappa shape index (κ3) is 2.55. The molecule has 0 saturated heterocycles. The summed E-state index contributed by atoms with van der Waals surface area (Å²) in [7, 11) is 0. The van der Waals surface area contributed by atoms with E-state index < -0.39 is 0 Å². The molecule has 10 heavy (non-hydrogen) atoms. The van der Waals surface area contributed by atoms with Crippen LogP contribution in [0.5, 0.6) is 0 Å². The van der Waals surface area contributed by atoms with Gasteiger partial charge in [0, 0.05) is 0 Å². The van der Waals surface area contributed by atoms with E-state index in [1.165, 1.54) is 44.9 Å². The van der Waals surface area contributed by atoms with Gasteiger partial charge in [-0.1, -0.05) is 44.6 Å². The van der Waals surface area contributed by atoms with E-state index >= 15 is 0 Å². The molecule has 0 nitrogen and oxygen atoms in total. The minimum absolute atomic E-state index is 0.972. The molecule has 0 unspecified atom stereocenters. The lowest BCUT2D eigenvalue weighted by Gasteiger charge is -2.09. The van der Waals surface area contributed by atoms with E-state index in [4.69, 9.17) is 0 Å². The number of hydrogen-bond donors (Lipinski definition) is 0. The van der Waals surface area contributed by atoms with Crippen molar-refractivity contribution in [1.29, 1.82) is 0 Å². The highest BCUT2D eigenvalue weighted by atomic mass is 14.1. The van der Waals surface area contributed by atoms with Crippen molar-refractivity contribution in [3.8, 4) is 0 Å². The van der Waals surface area contributed by atoms with Gasteiger partial charge in [0.15, 0.2) is 0 Å². The van der Waals surface area contributed by atoms with Crippen LogP contribution in [0, 0.1) is 5.92 Å². The number of rotatable bonds is 2. The molecular weight excluding hydrogens is 120 g/mol. The van der Waals surface area contributed by atoms with Crippen LogP contribution in [0.4, 0.5) is 0 Å². The third-order valence-corrected chi connectivity index (χ3v) is 2.47. The SMILES string of the molecule is C=CCC1CCCCCC1. The van der Waals surface area contributed by atoms with Crippen LogP contribution >= 0.6 is 0 Å². The van der Waals surface area contributed by atoms with Crippen LogP contribution in [0.1, 0.15) is 44.9 Å². The van der Waals surface area contributed by atoms with Gasteiger partial charge in [-0.15, -0.1) is 6.58 Å². The molecule has 0 spiro atoms. The highest BCUT2D eigenvalue weighted by Gasteiger charge is 2.09. The second-order valence-corrected chi connectivity index (χ2v) is 3.38. The van der Waals surface area contributed by atoms with E-state index in [0.29, 0.717) is 0 Å². The van der Waals surface area contributed by atoms with Crippen molar-refractivity contribution in [3.63, 3.8) is 0 Å². The fraction of sp³-hybridized carbons (Fsp3) is 0.800. The summed E-state index contributed by atoms with van der Waals surface area (Å²) in [4.78, 5) is 0. The maximum absolute atomic E-state index is 3.79. The molecule has 58 valence electrons. The van der Waals surface area contributed by atoms with Crippen LogP contribution in [0.15, 0.2) is 12.7 Å². The first-order chi connectivity index (χ1) is 4.93. The van der Waals surface area contributed by atoms with E-state index in [0.717, 1.165) is 5.92 Å². The molecule has 0 amide bonds. The summed E-state index contributed by atoms with van der Waals surface area (Å²) in [6, 6.07) is 0. The quantitative estimate of drug-likeness (QED) is 0.404. The molecule has 1 fully saturated rings. The van der Waals surface area contributed by atoms with Crippen molar-refractivity contribution in [2.75, 3.05) is 0 Å². The van der Waals surface area contributed by atoms with Crippen LogP contribution in [-0.2, 0) is 0 Å². The van der Waals surface area contributed by atoms with Gasteiger partial charge < -0.3 is 0 Å². The molecule has 1 aliphatic carbocycles. The molecular formula is C10H18. The van der Waals surface area contributed by atoms with Gasteiger partial charge >= 0.3 is 0 Å². The smallest absolute Gasteiger partial charge is 0.0325 e. The zero-order valence-corrected chi connectivity index (χ0v) is 6.81. The second-order valence-electron chi connectivity index (χ2n) is 3.38. The van der Waals surface area contributed by atoms with Crippen LogP contribution < -0.4 is 0 Å². The average molecular weight is 138 g/mol. The molecule has 1 aliphatic rings. The lowest BCUT2D eigenvalue weighted by atomic mass is 9.97. The molecule has 0 heteroatoms. The Hall–Kier alpha value is -0.260. The van der Waals surface area contributed by atoms with Gasteiger partial charge in [-0.2, -0.15) is 0 Å². The molecule has 0 aromatic carbocycles. The summed E-state index contributed by atoms with van der Waals surface area (Å²) >= 11 is 0. The van der Waals surface area contributed by atoms with E-state index in [2.05, 4.69) is 12.7 Å². The van der Waals surface area contributed by atoms with E-state index in [9.17, 15) is 0 Å². The van der Waals surface area contributed by atoms with Crippen molar-refractivity contribution in [3.05, 3.63) is 12.7 Å². The fourth-order valence-corrected chi connectivity index (χ4v) is 1.84.